The van der Waals surface area contributed by atoms with Gasteiger partial charge >= 0.3 is 0 Å². The van der Waals surface area contributed by atoms with Gasteiger partial charge in [-0.2, -0.15) is 4.98 Å². The molecule has 0 unspecified atom stereocenters. The molecule has 2 heterocycles. The summed E-state index contributed by atoms with van der Waals surface area (Å²) >= 11 is 1.64. The minimum absolute atomic E-state index is 0.0957. The van der Waals surface area contributed by atoms with E-state index in [1.807, 2.05) is 12.3 Å². The third-order valence-corrected chi connectivity index (χ3v) is 4.95. The molecule has 1 fully saturated rings. The van der Waals surface area contributed by atoms with Crippen molar-refractivity contribution in [2.24, 2.45) is 5.73 Å². The van der Waals surface area contributed by atoms with Crippen LogP contribution >= 0.6 is 11.3 Å². The number of hydrogen-bond donors (Lipinski definition) is 1. The van der Waals surface area contributed by atoms with Gasteiger partial charge in [0.1, 0.15) is 0 Å². The smallest absolute Gasteiger partial charge is 0.234 e. The highest BCUT2D eigenvalue weighted by molar-refractivity contribution is 7.09. The second-order valence-corrected chi connectivity index (χ2v) is 6.66. The molecule has 0 aromatic carbocycles. The second kappa shape index (κ2) is 5.61. The molecule has 6 heteroatoms. The molecule has 0 aliphatic heterocycles. The maximum absolute atomic E-state index is 6.00. The number of thiazole rings is 1. The van der Waals surface area contributed by atoms with Gasteiger partial charge in [0, 0.05) is 11.9 Å². The average molecular weight is 292 g/mol. The molecule has 1 saturated carbocycles. The molecule has 2 aromatic heterocycles. The van der Waals surface area contributed by atoms with Crippen LogP contribution < -0.4 is 5.73 Å². The third kappa shape index (κ3) is 2.62. The summed E-state index contributed by atoms with van der Waals surface area (Å²) in [5, 5.41) is 7.22. The highest BCUT2D eigenvalue weighted by Crippen LogP contribution is 2.37. The van der Waals surface area contributed by atoms with E-state index in [0.717, 1.165) is 29.4 Å². The number of rotatable bonds is 4. The van der Waals surface area contributed by atoms with Crippen molar-refractivity contribution >= 4 is 11.3 Å². The van der Waals surface area contributed by atoms with Crippen molar-refractivity contribution in [2.75, 3.05) is 6.54 Å². The van der Waals surface area contributed by atoms with E-state index in [4.69, 9.17) is 10.3 Å². The Morgan fingerprint density at radius 2 is 2.10 bits per heavy atom. The van der Waals surface area contributed by atoms with E-state index in [0.29, 0.717) is 18.8 Å². The maximum atomic E-state index is 6.00. The summed E-state index contributed by atoms with van der Waals surface area (Å²) in [4.78, 5) is 9.03. The van der Waals surface area contributed by atoms with Crippen molar-refractivity contribution < 1.29 is 4.52 Å². The van der Waals surface area contributed by atoms with E-state index in [1.165, 1.54) is 19.3 Å². The molecule has 5 nitrogen and oxygen atoms in total. The molecule has 1 aliphatic rings. The van der Waals surface area contributed by atoms with Gasteiger partial charge in [-0.3, -0.25) is 0 Å². The Morgan fingerprint density at radius 3 is 2.75 bits per heavy atom. The summed E-state index contributed by atoms with van der Waals surface area (Å²) in [6, 6.07) is 0. The molecule has 0 bridgehead atoms. The number of aromatic nitrogens is 3. The van der Waals surface area contributed by atoms with Gasteiger partial charge in [-0.15, -0.1) is 11.3 Å². The van der Waals surface area contributed by atoms with E-state index < -0.39 is 0 Å². The van der Waals surface area contributed by atoms with Crippen molar-refractivity contribution in [3.8, 4) is 0 Å². The van der Waals surface area contributed by atoms with Gasteiger partial charge in [-0.1, -0.05) is 24.4 Å². The van der Waals surface area contributed by atoms with E-state index in [1.54, 1.807) is 11.3 Å². The molecule has 3 rings (SSSR count). The van der Waals surface area contributed by atoms with Crippen LogP contribution in [0.3, 0.4) is 0 Å². The van der Waals surface area contributed by atoms with Crippen LogP contribution in [0, 0.1) is 6.92 Å². The third-order valence-electron chi connectivity index (χ3n) is 4.13. The fourth-order valence-corrected chi connectivity index (χ4v) is 3.54. The molecule has 0 radical (unpaired) electrons. The van der Waals surface area contributed by atoms with Crippen LogP contribution in [0.5, 0.6) is 0 Å². The molecule has 2 N–H and O–H groups in total. The fraction of sp³-hybridized carbons (Fsp3) is 0.643. The second-order valence-electron chi connectivity index (χ2n) is 5.60. The molecular weight excluding hydrogens is 272 g/mol. The highest BCUT2D eigenvalue weighted by atomic mass is 32.1. The molecule has 20 heavy (non-hydrogen) atoms. The molecule has 0 spiro atoms. The van der Waals surface area contributed by atoms with Crippen LogP contribution in [0.1, 0.15) is 54.5 Å². The summed E-state index contributed by atoms with van der Waals surface area (Å²) < 4.78 is 5.51. The molecule has 1 aliphatic carbocycles. The quantitative estimate of drug-likeness (QED) is 0.937. The van der Waals surface area contributed by atoms with Crippen LogP contribution in [-0.4, -0.2) is 21.7 Å². The number of nitrogens with zero attached hydrogens (tertiary/aromatic N) is 3. The lowest BCUT2D eigenvalue weighted by atomic mass is 9.74. The first kappa shape index (κ1) is 13.7. The van der Waals surface area contributed by atoms with Crippen molar-refractivity contribution in [3.05, 3.63) is 27.8 Å². The Bertz CT molecular complexity index is 571. The summed E-state index contributed by atoms with van der Waals surface area (Å²) in [6.07, 6.45) is 6.41. The largest absolute Gasteiger partial charge is 0.339 e. The lowest BCUT2D eigenvalue weighted by Crippen LogP contribution is -2.37. The first-order valence-corrected chi connectivity index (χ1v) is 8.04. The van der Waals surface area contributed by atoms with Gasteiger partial charge in [0.15, 0.2) is 5.82 Å². The Balaban J connectivity index is 1.78. The van der Waals surface area contributed by atoms with Crippen molar-refractivity contribution in [2.45, 2.75) is 50.9 Å². The number of nitrogens with two attached hydrogens (primary N) is 1. The molecule has 0 atom stereocenters. The van der Waals surface area contributed by atoms with E-state index in [9.17, 15) is 0 Å². The normalized spacial score (nSPS) is 18.3. The fourth-order valence-electron chi connectivity index (χ4n) is 2.93. The summed E-state index contributed by atoms with van der Waals surface area (Å²) in [5.74, 6) is 1.44. The van der Waals surface area contributed by atoms with Crippen LogP contribution in [0.15, 0.2) is 9.90 Å². The van der Waals surface area contributed by atoms with E-state index in [-0.39, 0.29) is 5.41 Å². The molecule has 0 saturated heterocycles. The van der Waals surface area contributed by atoms with Crippen LogP contribution in [0.4, 0.5) is 0 Å². The predicted octanol–water partition coefficient (Wildman–Crippen LogP) is 2.59. The summed E-state index contributed by atoms with van der Waals surface area (Å²) in [6.45, 7) is 2.59. The van der Waals surface area contributed by atoms with Gasteiger partial charge in [-0.25, -0.2) is 4.98 Å². The van der Waals surface area contributed by atoms with Gasteiger partial charge in [-0.05, 0) is 19.8 Å². The average Bonchev–Trinajstić information content (AvgIpc) is 3.10. The zero-order valence-corrected chi connectivity index (χ0v) is 12.6. The van der Waals surface area contributed by atoms with Crippen molar-refractivity contribution in [1.82, 2.24) is 15.1 Å². The first-order valence-electron chi connectivity index (χ1n) is 7.16. The Hall–Kier alpha value is -1.27. The zero-order chi connectivity index (χ0) is 14.0. The van der Waals surface area contributed by atoms with Crippen molar-refractivity contribution in [3.63, 3.8) is 0 Å². The minimum atomic E-state index is -0.0957. The topological polar surface area (TPSA) is 77.8 Å². The minimum Gasteiger partial charge on any atom is -0.339 e. The molecule has 2 aromatic rings. The predicted molar refractivity (Wildman–Crippen MR) is 77.8 cm³/mol. The van der Waals surface area contributed by atoms with E-state index in [2.05, 4.69) is 15.1 Å². The SMILES string of the molecule is Cc1nc(Cc2noc(C3(CN)CCCCC3)n2)cs1. The van der Waals surface area contributed by atoms with Crippen LogP contribution in [0.2, 0.25) is 0 Å². The van der Waals surface area contributed by atoms with Gasteiger partial charge in [0.25, 0.3) is 0 Å². The Morgan fingerprint density at radius 1 is 1.30 bits per heavy atom. The van der Waals surface area contributed by atoms with Crippen LogP contribution in [-0.2, 0) is 11.8 Å². The first-order chi connectivity index (χ1) is 9.72. The molecule has 0 amide bonds. The Labute approximate surface area is 122 Å². The maximum Gasteiger partial charge on any atom is 0.234 e. The summed E-state index contributed by atoms with van der Waals surface area (Å²) in [5.41, 5.74) is 6.91. The monoisotopic (exact) mass is 292 g/mol. The lowest BCUT2D eigenvalue weighted by molar-refractivity contribution is 0.219. The number of hydrogen-bond acceptors (Lipinski definition) is 6. The van der Waals surface area contributed by atoms with Crippen molar-refractivity contribution in [1.29, 1.82) is 0 Å². The zero-order valence-electron chi connectivity index (χ0n) is 11.8. The Kier molecular flexibility index (Phi) is 3.85. The van der Waals surface area contributed by atoms with Crippen LogP contribution in [0.25, 0.3) is 0 Å². The summed E-state index contributed by atoms with van der Waals surface area (Å²) in [7, 11) is 0. The van der Waals surface area contributed by atoms with Gasteiger partial charge in [0.2, 0.25) is 5.89 Å². The lowest BCUT2D eigenvalue weighted by Gasteiger charge is -2.32. The van der Waals surface area contributed by atoms with E-state index >= 15 is 0 Å². The highest BCUT2D eigenvalue weighted by Gasteiger charge is 2.37. The molecule has 108 valence electrons. The van der Waals surface area contributed by atoms with Gasteiger partial charge in [0.05, 0.1) is 22.5 Å². The van der Waals surface area contributed by atoms with Gasteiger partial charge < -0.3 is 10.3 Å². The standard InChI is InChI=1S/C14H20N4OS/c1-10-16-11(8-20-10)7-12-17-13(19-18-12)14(9-15)5-3-2-4-6-14/h8H,2-7,9,15H2,1H3. The molecular formula is C14H20N4OS. The number of aryl methyl sites for hydroxylation is 1.